The van der Waals surface area contributed by atoms with Gasteiger partial charge in [-0.25, -0.2) is 0 Å². The molecule has 1 heterocycles. The zero-order valence-corrected chi connectivity index (χ0v) is 10.6. The minimum atomic E-state index is 0.424. The fourth-order valence-corrected chi connectivity index (χ4v) is 2.01. The summed E-state index contributed by atoms with van der Waals surface area (Å²) >= 11 is 0. The van der Waals surface area contributed by atoms with Gasteiger partial charge in [-0.05, 0) is 32.1 Å². The van der Waals surface area contributed by atoms with Gasteiger partial charge in [0.1, 0.15) is 0 Å². The van der Waals surface area contributed by atoms with Gasteiger partial charge in [-0.15, -0.1) is 0 Å². The number of hydrogen-bond acceptors (Lipinski definition) is 2. The maximum absolute atomic E-state index is 4.36. The summed E-state index contributed by atoms with van der Waals surface area (Å²) in [6.07, 6.45) is 17.5. The molecule has 1 atom stereocenters. The van der Waals surface area contributed by atoms with Crippen molar-refractivity contribution in [2.24, 2.45) is 4.99 Å². The van der Waals surface area contributed by atoms with Gasteiger partial charge in [-0.3, -0.25) is 10.3 Å². The molecule has 0 saturated heterocycles. The largest absolute Gasteiger partial charge is 0.291 e. The number of unbranched alkanes of at least 4 members (excludes halogenated alkanes) is 5. The minimum Gasteiger partial charge on any atom is -0.291 e. The van der Waals surface area contributed by atoms with Gasteiger partial charge in [-0.2, -0.15) is 0 Å². The molecule has 1 unspecified atom stereocenters. The fourth-order valence-electron chi connectivity index (χ4n) is 2.01. The van der Waals surface area contributed by atoms with Crippen LogP contribution >= 0.6 is 0 Å². The Kier molecular flexibility index (Phi) is 8.05. The Morgan fingerprint density at radius 1 is 1.19 bits per heavy atom. The molecule has 1 N–H and O–H groups in total. The highest BCUT2D eigenvalue weighted by molar-refractivity contribution is 5.61. The van der Waals surface area contributed by atoms with E-state index in [1.54, 1.807) is 0 Å². The summed E-state index contributed by atoms with van der Waals surface area (Å²) in [7, 11) is 0. The molecule has 0 radical (unpaired) electrons. The second kappa shape index (κ2) is 9.59. The molecule has 0 amide bonds. The lowest BCUT2D eigenvalue weighted by Crippen LogP contribution is -2.21. The van der Waals surface area contributed by atoms with Gasteiger partial charge in [0.15, 0.2) is 0 Å². The van der Waals surface area contributed by atoms with Crippen LogP contribution in [0.1, 0.15) is 58.3 Å². The Labute approximate surface area is 100 Å². The highest BCUT2D eigenvalue weighted by atomic mass is 15.1. The first-order chi connectivity index (χ1) is 7.93. The van der Waals surface area contributed by atoms with Crippen LogP contribution in [0.25, 0.3) is 0 Å². The highest BCUT2D eigenvalue weighted by Crippen LogP contribution is 2.10. The third kappa shape index (κ3) is 6.78. The van der Waals surface area contributed by atoms with Crippen molar-refractivity contribution >= 4 is 6.21 Å². The van der Waals surface area contributed by atoms with Gasteiger partial charge in [0.2, 0.25) is 0 Å². The van der Waals surface area contributed by atoms with Gasteiger partial charge in [0.25, 0.3) is 0 Å². The molecular weight excluding hydrogens is 196 g/mol. The molecule has 0 aromatic heterocycles. The lowest BCUT2D eigenvalue weighted by Gasteiger charge is -2.07. The van der Waals surface area contributed by atoms with Crippen molar-refractivity contribution in [2.75, 3.05) is 6.54 Å². The van der Waals surface area contributed by atoms with Crippen molar-refractivity contribution in [2.45, 2.75) is 64.5 Å². The van der Waals surface area contributed by atoms with Crippen molar-refractivity contribution in [3.8, 4) is 0 Å². The molecule has 1 aliphatic rings. The van der Waals surface area contributed by atoms with Crippen molar-refractivity contribution in [3.05, 3.63) is 12.2 Å². The molecule has 2 nitrogen and oxygen atoms in total. The van der Waals surface area contributed by atoms with Gasteiger partial charge in [-0.1, -0.05) is 38.3 Å². The van der Waals surface area contributed by atoms with E-state index in [9.17, 15) is 0 Å². The summed E-state index contributed by atoms with van der Waals surface area (Å²) in [4.78, 5) is 4.36. The monoisotopic (exact) mass is 222 g/mol. The standard InChI is InChI=1S/C14H26N2/c1-2-3-4-5-6-7-8-9-10-11-14-15-12-13-16-14/h3-4,12,14,16H,2,5-11,13H2,1H3/b4-3+. The van der Waals surface area contributed by atoms with E-state index < -0.39 is 0 Å². The maximum Gasteiger partial charge on any atom is 0.0993 e. The number of hydrogen-bond donors (Lipinski definition) is 1. The lowest BCUT2D eigenvalue weighted by molar-refractivity contribution is 0.506. The van der Waals surface area contributed by atoms with E-state index in [1.165, 1.54) is 51.4 Å². The molecule has 1 aliphatic heterocycles. The zero-order chi connectivity index (χ0) is 11.5. The Balaban J connectivity index is 1.77. The summed E-state index contributed by atoms with van der Waals surface area (Å²) in [5.41, 5.74) is 0. The molecule has 0 aromatic carbocycles. The Bertz CT molecular complexity index is 209. The molecule has 0 saturated carbocycles. The van der Waals surface area contributed by atoms with E-state index in [4.69, 9.17) is 0 Å². The van der Waals surface area contributed by atoms with E-state index in [0.717, 1.165) is 6.54 Å². The van der Waals surface area contributed by atoms with E-state index >= 15 is 0 Å². The van der Waals surface area contributed by atoms with Crippen molar-refractivity contribution in [1.82, 2.24) is 5.32 Å². The predicted octanol–water partition coefficient (Wildman–Crippen LogP) is 3.68. The summed E-state index contributed by atoms with van der Waals surface area (Å²) in [6.45, 7) is 3.16. The van der Waals surface area contributed by atoms with Crippen LogP contribution in [0.5, 0.6) is 0 Å². The van der Waals surface area contributed by atoms with Gasteiger partial charge >= 0.3 is 0 Å². The Morgan fingerprint density at radius 3 is 2.75 bits per heavy atom. The van der Waals surface area contributed by atoms with Crippen LogP contribution in [-0.4, -0.2) is 18.9 Å². The SMILES string of the molecule is CC/C=C/CCCCCCCC1N=CCN1. The molecule has 16 heavy (non-hydrogen) atoms. The van der Waals surface area contributed by atoms with Crippen LogP contribution in [0.4, 0.5) is 0 Å². The van der Waals surface area contributed by atoms with E-state index in [0.29, 0.717) is 6.17 Å². The summed E-state index contributed by atoms with van der Waals surface area (Å²) in [5.74, 6) is 0. The Morgan fingerprint density at radius 2 is 2.00 bits per heavy atom. The second-order valence-electron chi connectivity index (χ2n) is 4.48. The third-order valence-electron chi connectivity index (χ3n) is 2.98. The Hall–Kier alpha value is -0.630. The summed E-state index contributed by atoms with van der Waals surface area (Å²) in [6, 6.07) is 0. The van der Waals surface area contributed by atoms with Crippen LogP contribution < -0.4 is 5.32 Å². The molecular formula is C14H26N2. The smallest absolute Gasteiger partial charge is 0.0993 e. The van der Waals surface area contributed by atoms with E-state index in [1.807, 2.05) is 6.21 Å². The van der Waals surface area contributed by atoms with Crippen molar-refractivity contribution < 1.29 is 0 Å². The van der Waals surface area contributed by atoms with Gasteiger partial charge in [0.05, 0.1) is 6.17 Å². The maximum atomic E-state index is 4.36. The lowest BCUT2D eigenvalue weighted by atomic mass is 10.1. The molecule has 2 heteroatoms. The molecule has 0 fully saturated rings. The van der Waals surface area contributed by atoms with E-state index in [-0.39, 0.29) is 0 Å². The zero-order valence-electron chi connectivity index (χ0n) is 10.6. The summed E-state index contributed by atoms with van der Waals surface area (Å²) < 4.78 is 0. The topological polar surface area (TPSA) is 24.4 Å². The first kappa shape index (κ1) is 13.4. The molecule has 0 spiro atoms. The molecule has 1 rings (SSSR count). The number of nitrogens with zero attached hydrogens (tertiary/aromatic N) is 1. The molecule has 92 valence electrons. The predicted molar refractivity (Wildman–Crippen MR) is 72.0 cm³/mol. The van der Waals surface area contributed by atoms with Crippen LogP contribution in [0.3, 0.4) is 0 Å². The van der Waals surface area contributed by atoms with E-state index in [2.05, 4.69) is 29.4 Å². The van der Waals surface area contributed by atoms with Crippen molar-refractivity contribution in [1.29, 1.82) is 0 Å². The van der Waals surface area contributed by atoms with Crippen LogP contribution in [-0.2, 0) is 0 Å². The minimum absolute atomic E-state index is 0.424. The van der Waals surface area contributed by atoms with Gasteiger partial charge in [0, 0.05) is 12.8 Å². The summed E-state index contributed by atoms with van der Waals surface area (Å²) in [5, 5.41) is 3.35. The number of allylic oxidation sites excluding steroid dienone is 2. The first-order valence-corrected chi connectivity index (χ1v) is 6.83. The van der Waals surface area contributed by atoms with Crippen LogP contribution in [0.15, 0.2) is 17.1 Å². The molecule has 0 bridgehead atoms. The normalized spacial score (nSPS) is 19.9. The van der Waals surface area contributed by atoms with Crippen LogP contribution in [0.2, 0.25) is 0 Å². The highest BCUT2D eigenvalue weighted by Gasteiger charge is 2.07. The van der Waals surface area contributed by atoms with Crippen LogP contribution in [0, 0.1) is 0 Å². The number of nitrogens with one attached hydrogen (secondary N) is 1. The second-order valence-corrected chi connectivity index (χ2v) is 4.48. The molecule has 0 aromatic rings. The first-order valence-electron chi connectivity index (χ1n) is 6.83. The number of aliphatic imine (C=N–C) groups is 1. The quantitative estimate of drug-likeness (QED) is 0.467. The van der Waals surface area contributed by atoms with Crippen molar-refractivity contribution in [3.63, 3.8) is 0 Å². The average Bonchev–Trinajstić information content (AvgIpc) is 2.80. The van der Waals surface area contributed by atoms with Gasteiger partial charge < -0.3 is 0 Å². The third-order valence-corrected chi connectivity index (χ3v) is 2.98. The fraction of sp³-hybridized carbons (Fsp3) is 0.786. The number of rotatable bonds is 9. The average molecular weight is 222 g/mol. The molecule has 0 aliphatic carbocycles.